The molecule has 0 spiro atoms. The maximum absolute atomic E-state index is 12.8. The fraction of sp³-hybridized carbons (Fsp3) is 0.625. The summed E-state index contributed by atoms with van der Waals surface area (Å²) in [5, 5.41) is 6.09. The Labute approximate surface area is 191 Å². The molecule has 2 N–H and O–H groups in total. The number of carbonyl (C=O) groups excluding carboxylic acids is 3. The van der Waals surface area contributed by atoms with E-state index in [0.29, 0.717) is 45.7 Å². The Kier molecular flexibility index (Phi) is 8.64. The number of piperazine rings is 1. The third kappa shape index (κ3) is 6.77. The smallest absolute Gasteiger partial charge is 0.238 e. The molecule has 8 heteroatoms. The van der Waals surface area contributed by atoms with Gasteiger partial charge in [0.1, 0.15) is 0 Å². The van der Waals surface area contributed by atoms with Crippen molar-refractivity contribution in [3.63, 3.8) is 0 Å². The Morgan fingerprint density at radius 3 is 2.28 bits per heavy atom. The van der Waals surface area contributed by atoms with Crippen molar-refractivity contribution in [2.45, 2.75) is 46.1 Å². The molecule has 0 aliphatic carbocycles. The summed E-state index contributed by atoms with van der Waals surface area (Å²) in [6, 6.07) is 6.11. The van der Waals surface area contributed by atoms with Crippen LogP contribution < -0.4 is 10.6 Å². The predicted molar refractivity (Wildman–Crippen MR) is 125 cm³/mol. The van der Waals surface area contributed by atoms with Gasteiger partial charge in [0.25, 0.3) is 0 Å². The fourth-order valence-electron chi connectivity index (χ4n) is 4.49. The molecule has 3 rings (SSSR count). The second-order valence-electron chi connectivity index (χ2n) is 8.97. The lowest BCUT2D eigenvalue weighted by molar-refractivity contribution is -0.134. The molecule has 176 valence electrons. The Morgan fingerprint density at radius 1 is 0.938 bits per heavy atom. The van der Waals surface area contributed by atoms with Crippen molar-refractivity contribution in [3.8, 4) is 0 Å². The molecule has 1 aromatic rings. The first kappa shape index (κ1) is 24.2. The summed E-state index contributed by atoms with van der Waals surface area (Å²) in [6.07, 6.45) is 2.45. The van der Waals surface area contributed by atoms with Crippen molar-refractivity contribution in [1.29, 1.82) is 0 Å². The minimum absolute atomic E-state index is 0.0179. The lowest BCUT2D eigenvalue weighted by atomic mass is 10.1. The second kappa shape index (κ2) is 11.4. The van der Waals surface area contributed by atoms with Gasteiger partial charge >= 0.3 is 0 Å². The quantitative estimate of drug-likeness (QED) is 0.665. The number of benzene rings is 1. The third-order valence-electron chi connectivity index (χ3n) is 6.39. The van der Waals surface area contributed by atoms with Gasteiger partial charge in [0, 0.05) is 50.9 Å². The lowest BCUT2D eigenvalue weighted by Gasteiger charge is -2.37. The van der Waals surface area contributed by atoms with Crippen molar-refractivity contribution in [3.05, 3.63) is 29.3 Å². The number of anilines is 1. The highest BCUT2D eigenvalue weighted by Crippen LogP contribution is 2.19. The number of hydrogen-bond acceptors (Lipinski definition) is 5. The summed E-state index contributed by atoms with van der Waals surface area (Å²) >= 11 is 0. The Hall–Kier alpha value is -2.45. The first-order valence-electron chi connectivity index (χ1n) is 11.7. The van der Waals surface area contributed by atoms with Gasteiger partial charge in [-0.3, -0.25) is 24.2 Å². The molecule has 2 heterocycles. The van der Waals surface area contributed by atoms with Gasteiger partial charge in [-0.15, -0.1) is 0 Å². The van der Waals surface area contributed by atoms with E-state index in [2.05, 4.69) is 20.4 Å². The normalized spacial score (nSPS) is 20.1. The first-order valence-corrected chi connectivity index (χ1v) is 11.7. The Morgan fingerprint density at radius 2 is 1.62 bits per heavy atom. The van der Waals surface area contributed by atoms with Crippen LogP contribution in [-0.2, 0) is 14.4 Å². The van der Waals surface area contributed by atoms with Gasteiger partial charge < -0.3 is 15.5 Å². The zero-order valence-corrected chi connectivity index (χ0v) is 19.7. The van der Waals surface area contributed by atoms with Crippen LogP contribution in [0.5, 0.6) is 0 Å². The van der Waals surface area contributed by atoms with Gasteiger partial charge in [-0.05, 0) is 44.4 Å². The molecular weight excluding hydrogens is 406 g/mol. The highest BCUT2D eigenvalue weighted by Gasteiger charge is 2.27. The standard InChI is InChI=1S/C24H37N5O3/c1-4-21(30)25-20-9-6-10-28(15-20)17-23(32)29-13-11-27(12-14-29)16-22(31)26-24-18(2)7-5-8-19(24)3/h5,7-8,20H,4,6,9-17H2,1-3H3,(H,25,30)(H,26,31). The van der Waals surface area contributed by atoms with E-state index in [-0.39, 0.29) is 23.8 Å². The number of hydrogen-bond donors (Lipinski definition) is 2. The van der Waals surface area contributed by atoms with E-state index in [1.807, 2.05) is 43.9 Å². The van der Waals surface area contributed by atoms with Gasteiger partial charge in [-0.25, -0.2) is 0 Å². The number of nitrogens with one attached hydrogen (secondary N) is 2. The molecule has 0 bridgehead atoms. The molecule has 1 aromatic carbocycles. The fourth-order valence-corrected chi connectivity index (χ4v) is 4.49. The summed E-state index contributed by atoms with van der Waals surface area (Å²) < 4.78 is 0. The summed E-state index contributed by atoms with van der Waals surface area (Å²) in [5.74, 6) is 0.184. The molecule has 0 radical (unpaired) electrons. The molecule has 0 aromatic heterocycles. The minimum atomic E-state index is -0.0179. The number of carbonyl (C=O) groups is 3. The monoisotopic (exact) mass is 443 g/mol. The van der Waals surface area contributed by atoms with Crippen molar-refractivity contribution >= 4 is 23.4 Å². The van der Waals surface area contributed by atoms with Crippen LogP contribution in [0.25, 0.3) is 0 Å². The average Bonchev–Trinajstić information content (AvgIpc) is 2.77. The summed E-state index contributed by atoms with van der Waals surface area (Å²) in [7, 11) is 0. The van der Waals surface area contributed by atoms with Crippen LogP contribution in [0.4, 0.5) is 5.69 Å². The number of nitrogens with zero attached hydrogens (tertiary/aromatic N) is 3. The average molecular weight is 444 g/mol. The lowest BCUT2D eigenvalue weighted by Crippen LogP contribution is -2.54. The highest BCUT2D eigenvalue weighted by molar-refractivity contribution is 5.93. The highest BCUT2D eigenvalue weighted by atomic mass is 16.2. The molecule has 3 amide bonds. The van der Waals surface area contributed by atoms with E-state index in [1.54, 1.807) is 0 Å². The van der Waals surface area contributed by atoms with E-state index >= 15 is 0 Å². The van der Waals surface area contributed by atoms with Crippen LogP contribution in [0.2, 0.25) is 0 Å². The van der Waals surface area contributed by atoms with Crippen LogP contribution in [0.1, 0.15) is 37.3 Å². The molecule has 2 fully saturated rings. The molecular formula is C24H37N5O3. The van der Waals surface area contributed by atoms with E-state index in [0.717, 1.165) is 42.7 Å². The zero-order valence-electron chi connectivity index (χ0n) is 19.7. The summed E-state index contributed by atoms with van der Waals surface area (Å²) in [6.45, 7) is 10.9. The zero-order chi connectivity index (χ0) is 23.1. The van der Waals surface area contributed by atoms with E-state index < -0.39 is 0 Å². The van der Waals surface area contributed by atoms with Gasteiger partial charge in [0.2, 0.25) is 17.7 Å². The van der Waals surface area contributed by atoms with Crippen LogP contribution in [0, 0.1) is 13.8 Å². The molecule has 8 nitrogen and oxygen atoms in total. The molecule has 2 saturated heterocycles. The van der Waals surface area contributed by atoms with Gasteiger partial charge in [-0.2, -0.15) is 0 Å². The van der Waals surface area contributed by atoms with Crippen LogP contribution in [-0.4, -0.2) is 90.8 Å². The van der Waals surface area contributed by atoms with Gasteiger partial charge in [-0.1, -0.05) is 25.1 Å². The number of rotatable bonds is 7. The van der Waals surface area contributed by atoms with Crippen LogP contribution in [0.15, 0.2) is 18.2 Å². The predicted octanol–water partition coefficient (Wildman–Crippen LogP) is 1.38. The van der Waals surface area contributed by atoms with E-state index in [1.165, 1.54) is 0 Å². The maximum atomic E-state index is 12.8. The molecule has 1 atom stereocenters. The summed E-state index contributed by atoms with van der Waals surface area (Å²) in [4.78, 5) is 43.1. The SMILES string of the molecule is CCC(=O)NC1CCCN(CC(=O)N2CCN(CC(=O)Nc3c(C)cccc3C)CC2)C1. The van der Waals surface area contributed by atoms with Crippen molar-refractivity contribution in [2.75, 3.05) is 57.7 Å². The minimum Gasteiger partial charge on any atom is -0.352 e. The number of piperidine rings is 1. The third-order valence-corrected chi connectivity index (χ3v) is 6.39. The number of likely N-dealkylation sites (tertiary alicyclic amines) is 1. The van der Waals surface area contributed by atoms with Crippen LogP contribution in [0.3, 0.4) is 0 Å². The molecule has 2 aliphatic rings. The van der Waals surface area contributed by atoms with Gasteiger partial charge in [0.05, 0.1) is 13.1 Å². The number of aryl methyl sites for hydroxylation is 2. The van der Waals surface area contributed by atoms with Crippen molar-refractivity contribution in [1.82, 2.24) is 20.0 Å². The second-order valence-corrected chi connectivity index (χ2v) is 8.97. The van der Waals surface area contributed by atoms with Gasteiger partial charge in [0.15, 0.2) is 0 Å². The summed E-state index contributed by atoms with van der Waals surface area (Å²) in [5.41, 5.74) is 3.01. The maximum Gasteiger partial charge on any atom is 0.238 e. The van der Waals surface area contributed by atoms with E-state index in [4.69, 9.17) is 0 Å². The Bertz CT molecular complexity index is 800. The first-order chi connectivity index (χ1) is 15.4. The topological polar surface area (TPSA) is 85.0 Å². The van der Waals surface area contributed by atoms with Crippen LogP contribution >= 0.6 is 0 Å². The van der Waals surface area contributed by atoms with Crippen molar-refractivity contribution in [2.24, 2.45) is 0 Å². The number of amides is 3. The molecule has 1 unspecified atom stereocenters. The molecule has 32 heavy (non-hydrogen) atoms. The van der Waals surface area contributed by atoms with Crippen molar-refractivity contribution < 1.29 is 14.4 Å². The van der Waals surface area contributed by atoms with E-state index in [9.17, 15) is 14.4 Å². The Balaban J connectivity index is 1.40. The molecule has 0 saturated carbocycles. The largest absolute Gasteiger partial charge is 0.352 e. The number of para-hydroxylation sites is 1. The molecule has 2 aliphatic heterocycles.